The van der Waals surface area contributed by atoms with E-state index in [9.17, 15) is 4.79 Å². The topological polar surface area (TPSA) is 58.1 Å². The summed E-state index contributed by atoms with van der Waals surface area (Å²) in [7, 11) is 0. The summed E-state index contributed by atoms with van der Waals surface area (Å²) >= 11 is 1.42. The van der Waals surface area contributed by atoms with E-state index < -0.39 is 0 Å². The lowest BCUT2D eigenvalue weighted by atomic mass is 9.85. The van der Waals surface area contributed by atoms with Crippen LogP contribution < -0.4 is 5.32 Å². The molecule has 1 unspecified atom stereocenters. The Morgan fingerprint density at radius 3 is 2.70 bits per heavy atom. The number of hydrogen-bond acceptors (Lipinski definition) is 4. The molecule has 0 fully saturated rings. The molecule has 30 heavy (non-hydrogen) atoms. The lowest BCUT2D eigenvalue weighted by Crippen LogP contribution is -2.41. The third-order valence-electron chi connectivity index (χ3n) is 5.36. The molecule has 5 rings (SSSR count). The number of carbonyl (C=O) groups is 1. The average Bonchev–Trinajstić information content (AvgIpc) is 3.28. The quantitative estimate of drug-likeness (QED) is 0.491. The van der Waals surface area contributed by atoms with Gasteiger partial charge in [0.2, 0.25) is 0 Å². The minimum absolute atomic E-state index is 0.127. The van der Waals surface area contributed by atoms with Gasteiger partial charge in [-0.3, -0.25) is 10.3 Å². The van der Waals surface area contributed by atoms with Crippen molar-refractivity contribution in [1.82, 2.24) is 14.9 Å². The molecule has 1 N–H and O–H groups in total. The van der Waals surface area contributed by atoms with E-state index in [4.69, 9.17) is 0 Å². The first-order chi connectivity index (χ1) is 14.8. The number of urea groups is 1. The first-order valence-corrected chi connectivity index (χ1v) is 10.7. The number of nitrogens with one attached hydrogen (secondary N) is 1. The third kappa shape index (κ3) is 3.69. The Morgan fingerprint density at radius 2 is 1.87 bits per heavy atom. The zero-order valence-corrected chi connectivity index (χ0v) is 17.0. The second kappa shape index (κ2) is 8.08. The van der Waals surface area contributed by atoms with Gasteiger partial charge in [0.15, 0.2) is 5.13 Å². The van der Waals surface area contributed by atoms with Crippen LogP contribution in [0.5, 0.6) is 0 Å². The second-order valence-electron chi connectivity index (χ2n) is 7.25. The zero-order valence-electron chi connectivity index (χ0n) is 16.2. The minimum Gasteiger partial charge on any atom is -0.319 e. The maximum absolute atomic E-state index is 13.1. The first kappa shape index (κ1) is 18.5. The van der Waals surface area contributed by atoms with Crippen molar-refractivity contribution in [2.24, 2.45) is 0 Å². The van der Waals surface area contributed by atoms with Gasteiger partial charge in [0.05, 0.1) is 5.69 Å². The number of pyridine rings is 1. The van der Waals surface area contributed by atoms with Gasteiger partial charge in [0, 0.05) is 42.3 Å². The number of anilines is 1. The van der Waals surface area contributed by atoms with E-state index in [1.54, 1.807) is 12.4 Å². The Labute approximate surface area is 179 Å². The standard InChI is InChI=1S/C24H20N4OS/c29-24(27-23-26-22(16-30-23)18-10-6-12-25-13-18)28-14-19-9-4-5-11-20(19)21(15-28)17-7-2-1-3-8-17/h1-13,16,21H,14-15H2,(H,26,27,29). The number of aromatic nitrogens is 2. The first-order valence-electron chi connectivity index (χ1n) is 9.82. The van der Waals surface area contributed by atoms with Gasteiger partial charge in [-0.2, -0.15) is 0 Å². The lowest BCUT2D eigenvalue weighted by Gasteiger charge is -2.34. The van der Waals surface area contributed by atoms with Gasteiger partial charge in [0.25, 0.3) is 0 Å². The van der Waals surface area contributed by atoms with Crippen LogP contribution in [0.2, 0.25) is 0 Å². The molecular weight excluding hydrogens is 392 g/mol. The number of thiazole rings is 1. The number of benzene rings is 2. The van der Waals surface area contributed by atoms with Crippen molar-refractivity contribution in [2.45, 2.75) is 12.5 Å². The van der Waals surface area contributed by atoms with Crippen molar-refractivity contribution in [1.29, 1.82) is 0 Å². The fraction of sp³-hybridized carbons (Fsp3) is 0.125. The number of fused-ring (bicyclic) bond motifs is 1. The molecule has 1 atom stereocenters. The van der Waals surface area contributed by atoms with Crippen LogP contribution in [0.4, 0.5) is 9.93 Å². The Kier molecular flexibility index (Phi) is 4.99. The van der Waals surface area contributed by atoms with Crippen LogP contribution in [0.1, 0.15) is 22.6 Å². The van der Waals surface area contributed by atoms with E-state index >= 15 is 0 Å². The van der Waals surface area contributed by atoms with Gasteiger partial charge in [-0.1, -0.05) is 54.6 Å². The smallest absolute Gasteiger partial charge is 0.319 e. The summed E-state index contributed by atoms with van der Waals surface area (Å²) in [5, 5.41) is 5.51. The Bertz CT molecular complexity index is 1160. The summed E-state index contributed by atoms with van der Waals surface area (Å²) in [5.74, 6) is 0.157. The van der Waals surface area contributed by atoms with Gasteiger partial charge in [-0.05, 0) is 28.8 Å². The fourth-order valence-corrected chi connectivity index (χ4v) is 4.59. The van der Waals surface area contributed by atoms with Gasteiger partial charge in [-0.25, -0.2) is 9.78 Å². The summed E-state index contributed by atoms with van der Waals surface area (Å²) in [6.45, 7) is 1.22. The number of amides is 2. The van der Waals surface area contributed by atoms with Crippen LogP contribution in [0.3, 0.4) is 0 Å². The molecule has 0 saturated carbocycles. The molecule has 5 nitrogen and oxygen atoms in total. The number of hydrogen-bond donors (Lipinski definition) is 1. The molecule has 1 aliphatic heterocycles. The SMILES string of the molecule is O=C(Nc1nc(-c2cccnc2)cs1)N1Cc2ccccc2C(c2ccccc2)C1. The Hall–Kier alpha value is -3.51. The van der Waals surface area contributed by atoms with Crippen molar-refractivity contribution in [3.8, 4) is 11.3 Å². The molecule has 0 spiro atoms. The van der Waals surface area contributed by atoms with Gasteiger partial charge >= 0.3 is 6.03 Å². The Morgan fingerprint density at radius 1 is 1.03 bits per heavy atom. The zero-order chi connectivity index (χ0) is 20.3. The van der Waals surface area contributed by atoms with E-state index in [0.29, 0.717) is 18.2 Å². The number of nitrogens with zero attached hydrogens (tertiary/aromatic N) is 3. The molecule has 0 radical (unpaired) electrons. The summed E-state index contributed by atoms with van der Waals surface area (Å²) in [6, 6.07) is 22.5. The fourth-order valence-electron chi connectivity index (χ4n) is 3.88. The maximum atomic E-state index is 13.1. The second-order valence-corrected chi connectivity index (χ2v) is 8.11. The van der Waals surface area contributed by atoms with Gasteiger partial charge in [0.1, 0.15) is 0 Å². The van der Waals surface area contributed by atoms with E-state index in [1.807, 2.05) is 46.7 Å². The molecule has 0 saturated heterocycles. The predicted molar refractivity (Wildman–Crippen MR) is 120 cm³/mol. The van der Waals surface area contributed by atoms with Crippen molar-refractivity contribution in [3.05, 3.63) is 101 Å². The average molecular weight is 413 g/mol. The molecule has 0 aliphatic carbocycles. The van der Waals surface area contributed by atoms with E-state index in [-0.39, 0.29) is 11.9 Å². The van der Waals surface area contributed by atoms with Gasteiger partial charge < -0.3 is 4.90 Å². The van der Waals surface area contributed by atoms with Crippen molar-refractivity contribution in [2.75, 3.05) is 11.9 Å². The number of rotatable bonds is 3. The highest BCUT2D eigenvalue weighted by Crippen LogP contribution is 2.34. The van der Waals surface area contributed by atoms with E-state index in [0.717, 1.165) is 11.3 Å². The summed E-state index contributed by atoms with van der Waals surface area (Å²) in [5.41, 5.74) is 5.44. The molecule has 0 bridgehead atoms. The molecule has 4 aromatic rings. The molecule has 148 valence electrons. The highest BCUT2D eigenvalue weighted by molar-refractivity contribution is 7.14. The highest BCUT2D eigenvalue weighted by Gasteiger charge is 2.29. The van der Waals surface area contributed by atoms with Crippen molar-refractivity contribution < 1.29 is 4.79 Å². The van der Waals surface area contributed by atoms with E-state index in [2.05, 4.69) is 45.6 Å². The number of carbonyl (C=O) groups excluding carboxylic acids is 1. The molecule has 1 aliphatic rings. The lowest BCUT2D eigenvalue weighted by molar-refractivity contribution is 0.203. The summed E-state index contributed by atoms with van der Waals surface area (Å²) in [4.78, 5) is 23.6. The molecule has 6 heteroatoms. The van der Waals surface area contributed by atoms with Crippen LogP contribution in [0, 0.1) is 0 Å². The van der Waals surface area contributed by atoms with E-state index in [1.165, 1.54) is 28.0 Å². The van der Waals surface area contributed by atoms with Crippen LogP contribution in [0.15, 0.2) is 84.5 Å². The van der Waals surface area contributed by atoms with Crippen LogP contribution in [0.25, 0.3) is 11.3 Å². The predicted octanol–water partition coefficient (Wildman–Crippen LogP) is 5.38. The monoisotopic (exact) mass is 412 g/mol. The van der Waals surface area contributed by atoms with Crippen molar-refractivity contribution in [3.63, 3.8) is 0 Å². The molecule has 2 aromatic carbocycles. The van der Waals surface area contributed by atoms with Crippen LogP contribution >= 0.6 is 11.3 Å². The highest BCUT2D eigenvalue weighted by atomic mass is 32.1. The molecule has 3 heterocycles. The maximum Gasteiger partial charge on any atom is 0.323 e. The normalized spacial score (nSPS) is 15.5. The Balaban J connectivity index is 1.37. The summed E-state index contributed by atoms with van der Waals surface area (Å²) < 4.78 is 0. The molecule has 2 amide bonds. The van der Waals surface area contributed by atoms with Gasteiger partial charge in [-0.15, -0.1) is 11.3 Å². The van der Waals surface area contributed by atoms with Crippen LogP contribution in [-0.4, -0.2) is 27.4 Å². The largest absolute Gasteiger partial charge is 0.323 e. The third-order valence-corrected chi connectivity index (χ3v) is 6.12. The summed E-state index contributed by atoms with van der Waals surface area (Å²) in [6.07, 6.45) is 3.50. The molecule has 2 aromatic heterocycles. The van der Waals surface area contributed by atoms with Crippen LogP contribution in [-0.2, 0) is 6.54 Å². The minimum atomic E-state index is -0.127. The van der Waals surface area contributed by atoms with Crippen molar-refractivity contribution >= 4 is 22.5 Å². The molecular formula is C24H20N4OS.